The Bertz CT molecular complexity index is 5720. The van der Waals surface area contributed by atoms with Gasteiger partial charge < -0.3 is 37.2 Å². The van der Waals surface area contributed by atoms with Gasteiger partial charge in [0.2, 0.25) is 0 Å². The number of nitrogens with zero attached hydrogens (tertiary/aromatic N) is 4. The minimum absolute atomic E-state index is 0. The molecule has 0 N–H and O–H groups in total. The van der Waals surface area contributed by atoms with Gasteiger partial charge in [-0.05, 0) is 232 Å². The van der Waals surface area contributed by atoms with Crippen molar-refractivity contribution in [3.63, 3.8) is 0 Å². The number of benzene rings is 12. The summed E-state index contributed by atoms with van der Waals surface area (Å²) in [5, 5.41) is 9.90. The van der Waals surface area contributed by atoms with Crippen LogP contribution in [0.2, 0.25) is 0 Å². The molecular weight excluding hydrogens is 1670 g/mol. The Kier molecular flexibility index (Phi) is 32.8. The molecule has 10 nitrogen and oxygen atoms in total. The smallest absolute Gasteiger partial charge is 0.494 e. The van der Waals surface area contributed by atoms with E-state index in [9.17, 15) is 0 Å². The van der Waals surface area contributed by atoms with E-state index in [2.05, 4.69) is 330 Å². The average molecular weight is 1800 g/mol. The van der Waals surface area contributed by atoms with Crippen LogP contribution in [0.1, 0.15) is 245 Å². The third-order valence-electron chi connectivity index (χ3n) is 26.2. The maximum absolute atomic E-state index is 6.24. The van der Waals surface area contributed by atoms with Crippen molar-refractivity contribution in [1.82, 2.24) is 19.1 Å². The number of aryl methyl sites for hydroxylation is 2. The molecule has 14 heteroatoms. The van der Waals surface area contributed by atoms with Crippen molar-refractivity contribution in [3.8, 4) is 67.7 Å². The van der Waals surface area contributed by atoms with E-state index in [4.69, 9.17) is 38.1 Å². The fourth-order valence-electron chi connectivity index (χ4n) is 17.4. The zero-order valence-electron chi connectivity index (χ0n) is 75.9. The van der Waals surface area contributed by atoms with Gasteiger partial charge in [0, 0.05) is 54.7 Å². The molecule has 0 bridgehead atoms. The Hall–Kier alpha value is -8.85. The summed E-state index contributed by atoms with van der Waals surface area (Å²) < 4.78 is 43.9. The molecule has 0 atom stereocenters. The Morgan fingerprint density at radius 3 is 0.952 bits per heavy atom. The third kappa shape index (κ3) is 22.6. The van der Waals surface area contributed by atoms with E-state index < -0.39 is 0 Å². The predicted molar refractivity (Wildman–Crippen MR) is 541 cm³/mol. The standard InChI is InChI=1S/C55H58N2O.C37H44Br2N2O.C18H28B2O4.CH4/c1-3-5-7-9-11-19-37-57-54-52-40-47(42-23-17-14-18-24-42)32-36-50(52)49-35-31-46(44-27-25-43(26-28-44)41-21-15-13-16-22-41)39-51(49)53(54)56-55(57)45-29-33-48(34-30-45)58-38-20-12-10-8-6-4-2;1-3-5-7-9-11-13-23-41-36-34-26-29(39)18-22-32(34)31-21-17-28(38)25-33(31)35(36)40-37(41)27-15-19-30(20-16-27)42-24-14-12-10-8-6-4-2;1-15(2)16(3,4)22-19(21-15)13-9-11-14(12-10-13)20-23-17(5,6)18(7,8)24-20;/h13-18,21-36,39-40H,3-12,19-20,37-38H2,1-2H3;15-22,25-26H,3-14,23-24H2,1-2H3;9-12H,1-8H3;1H4. The number of imidazole rings is 2. The van der Waals surface area contributed by atoms with E-state index >= 15 is 0 Å². The number of fused-ring (bicyclic) bond motifs is 12. The van der Waals surface area contributed by atoms with Gasteiger partial charge in [-0.3, -0.25) is 0 Å². The first-order chi connectivity index (χ1) is 60.2. The molecule has 2 aromatic heterocycles. The van der Waals surface area contributed by atoms with Crippen LogP contribution in [0.5, 0.6) is 11.5 Å². The number of ether oxygens (including phenoxy) is 2. The summed E-state index contributed by atoms with van der Waals surface area (Å²) >= 11 is 7.49. The highest BCUT2D eigenvalue weighted by Gasteiger charge is 2.53. The fraction of sp³-hybridized carbons (Fsp3) is 0.405. The highest BCUT2D eigenvalue weighted by atomic mass is 79.9. The Labute approximate surface area is 764 Å². The van der Waals surface area contributed by atoms with Gasteiger partial charge in [0.15, 0.2) is 0 Å². The lowest BCUT2D eigenvalue weighted by molar-refractivity contribution is 0.00578. The average Bonchev–Trinajstić information content (AvgIpc) is 1.61. The zero-order valence-corrected chi connectivity index (χ0v) is 79.1. The van der Waals surface area contributed by atoms with Crippen LogP contribution < -0.4 is 20.4 Å². The topological polar surface area (TPSA) is 91.0 Å². The largest absolute Gasteiger partial charge is 0.494 e. The number of hydrogen-bond donors (Lipinski definition) is 0. The summed E-state index contributed by atoms with van der Waals surface area (Å²) in [6.07, 6.45) is 30.3. The van der Waals surface area contributed by atoms with Gasteiger partial charge in [-0.2, -0.15) is 0 Å². The van der Waals surface area contributed by atoms with Crippen LogP contribution >= 0.6 is 31.9 Å². The lowest BCUT2D eigenvalue weighted by Crippen LogP contribution is -2.41. The molecule has 125 heavy (non-hydrogen) atoms. The van der Waals surface area contributed by atoms with Gasteiger partial charge in [0.1, 0.15) is 23.1 Å². The van der Waals surface area contributed by atoms with Crippen LogP contribution in [-0.2, 0) is 31.7 Å². The van der Waals surface area contributed by atoms with E-state index in [1.54, 1.807) is 0 Å². The second-order valence-electron chi connectivity index (χ2n) is 36.4. The molecule has 4 heterocycles. The second-order valence-corrected chi connectivity index (χ2v) is 38.3. The molecular formula is C111H134B2Br2N4O6. The molecule has 0 spiro atoms. The van der Waals surface area contributed by atoms with Crippen LogP contribution in [0.4, 0.5) is 0 Å². The second kappa shape index (κ2) is 43.8. The van der Waals surface area contributed by atoms with Gasteiger partial charge in [-0.25, -0.2) is 9.97 Å². The molecule has 14 aromatic rings. The van der Waals surface area contributed by atoms with E-state index in [0.29, 0.717) is 0 Å². The van der Waals surface area contributed by atoms with Gasteiger partial charge in [-0.15, -0.1) is 0 Å². The van der Waals surface area contributed by atoms with Crippen molar-refractivity contribution in [2.24, 2.45) is 0 Å². The Morgan fingerprint density at radius 2 is 0.568 bits per heavy atom. The van der Waals surface area contributed by atoms with Crippen LogP contribution in [0.3, 0.4) is 0 Å². The van der Waals surface area contributed by atoms with Crippen molar-refractivity contribution in [2.75, 3.05) is 13.2 Å². The quantitative estimate of drug-likeness (QED) is 0.0216. The zero-order chi connectivity index (χ0) is 86.8. The fourth-order valence-corrected chi connectivity index (χ4v) is 18.2. The van der Waals surface area contributed by atoms with Crippen molar-refractivity contribution in [2.45, 2.75) is 280 Å². The van der Waals surface area contributed by atoms with Crippen LogP contribution in [0.15, 0.2) is 239 Å². The molecule has 654 valence electrons. The third-order valence-corrected chi connectivity index (χ3v) is 27.2. The summed E-state index contributed by atoms with van der Waals surface area (Å²) in [5.74, 6) is 3.94. The molecule has 12 aromatic carbocycles. The van der Waals surface area contributed by atoms with Crippen molar-refractivity contribution < 1.29 is 28.1 Å². The molecule has 0 amide bonds. The Morgan fingerprint density at radius 1 is 0.288 bits per heavy atom. The molecule has 0 unspecified atom stereocenters. The first-order valence-electron chi connectivity index (χ1n) is 46.8. The van der Waals surface area contributed by atoms with Crippen LogP contribution in [-0.4, -0.2) is 69.0 Å². The van der Waals surface area contributed by atoms with Crippen LogP contribution in [0.25, 0.3) is 121 Å². The lowest BCUT2D eigenvalue weighted by Gasteiger charge is -2.32. The van der Waals surface area contributed by atoms with Crippen molar-refractivity contribution in [1.29, 1.82) is 0 Å². The summed E-state index contributed by atoms with van der Waals surface area (Å²) in [6, 6.07) is 83.1. The van der Waals surface area contributed by atoms with E-state index in [1.807, 2.05) is 24.3 Å². The highest BCUT2D eigenvalue weighted by molar-refractivity contribution is 9.10. The maximum atomic E-state index is 6.24. The summed E-state index contributed by atoms with van der Waals surface area (Å²) in [4.78, 5) is 11.0. The van der Waals surface area contributed by atoms with Crippen molar-refractivity contribution >= 4 is 122 Å². The van der Waals surface area contributed by atoms with E-state index in [1.165, 1.54) is 216 Å². The summed E-state index contributed by atoms with van der Waals surface area (Å²) in [5.41, 5.74) is 14.9. The predicted octanol–water partition coefficient (Wildman–Crippen LogP) is 31.7. The summed E-state index contributed by atoms with van der Waals surface area (Å²) in [7, 11) is -0.690. The SMILES string of the molecule is C.CC1(C)OB(c2ccc(B3OC(C)(C)C(C)(C)O3)cc2)OC1(C)C.CCCCCCCCOc1ccc(-c2nc3c4cc(-c5ccc(-c6ccccc6)cc5)ccc4c4ccc(-c5ccccc5)cc4c3n2CCCCCCCC)cc1.CCCCCCCCOc1ccc(-c2nc3c4cc(Br)ccc4c4ccc(Br)cc4c3n2CCCCCCCC)cc1. The molecule has 0 radical (unpaired) electrons. The number of aromatic nitrogens is 4. The number of unbranched alkanes of at least 4 members (excludes halogenated alkanes) is 20. The number of hydrogen-bond acceptors (Lipinski definition) is 8. The molecule has 2 fully saturated rings. The minimum Gasteiger partial charge on any atom is -0.494 e. The first kappa shape index (κ1) is 93.8. The monoisotopic (exact) mass is 1800 g/mol. The number of halogens is 2. The van der Waals surface area contributed by atoms with Gasteiger partial charge >= 0.3 is 14.2 Å². The molecule has 2 saturated heterocycles. The van der Waals surface area contributed by atoms with Crippen molar-refractivity contribution in [3.05, 3.63) is 239 Å². The molecule has 0 saturated carbocycles. The molecule has 0 aliphatic carbocycles. The van der Waals surface area contributed by atoms with Crippen LogP contribution in [0, 0.1) is 0 Å². The van der Waals surface area contributed by atoms with Gasteiger partial charge in [-0.1, -0.05) is 341 Å². The van der Waals surface area contributed by atoms with E-state index in [-0.39, 0.29) is 44.1 Å². The van der Waals surface area contributed by atoms with Gasteiger partial charge in [0.05, 0.1) is 57.7 Å². The highest BCUT2D eigenvalue weighted by Crippen LogP contribution is 2.45. The van der Waals surface area contributed by atoms with Gasteiger partial charge in [0.25, 0.3) is 0 Å². The Balaban J connectivity index is 0.000000174. The maximum Gasteiger partial charge on any atom is 0.494 e. The molecule has 2 aliphatic rings. The van der Waals surface area contributed by atoms with E-state index in [0.717, 1.165) is 117 Å². The number of rotatable bonds is 37. The lowest BCUT2D eigenvalue weighted by atomic mass is 9.74. The summed E-state index contributed by atoms with van der Waals surface area (Å²) in [6.45, 7) is 29.0. The normalized spacial score (nSPS) is 14.4. The minimum atomic E-state index is -0.345. The molecule has 16 rings (SSSR count). The first-order valence-corrected chi connectivity index (χ1v) is 48.3. The molecule has 2 aliphatic heterocycles.